The summed E-state index contributed by atoms with van der Waals surface area (Å²) in [6.07, 6.45) is -0.455. The van der Waals surface area contributed by atoms with Crippen LogP contribution >= 0.6 is 0 Å². The van der Waals surface area contributed by atoms with Gasteiger partial charge in [0.05, 0.1) is 19.3 Å². The van der Waals surface area contributed by atoms with Crippen molar-refractivity contribution in [3.63, 3.8) is 0 Å². The maximum atomic E-state index is 12.0. The van der Waals surface area contributed by atoms with Gasteiger partial charge in [-0.15, -0.1) is 0 Å². The summed E-state index contributed by atoms with van der Waals surface area (Å²) in [7, 11) is 0. The SMILES string of the molecule is CC(C=CCC1C(=O)CCC1CC(=O)O)O[C@@]1(O)[C@H](O)[C@@H](O)CO[C@@H]1CO. The second-order valence-electron chi connectivity index (χ2n) is 7.22. The molecule has 5 N–H and O–H groups in total. The van der Waals surface area contributed by atoms with E-state index in [-0.39, 0.29) is 30.6 Å². The molecule has 2 aliphatic rings. The highest BCUT2D eigenvalue weighted by atomic mass is 16.7. The molecule has 0 radical (unpaired) electrons. The van der Waals surface area contributed by atoms with Crippen molar-refractivity contribution in [1.29, 1.82) is 0 Å². The van der Waals surface area contributed by atoms with E-state index < -0.39 is 42.8 Å². The first-order valence-electron chi connectivity index (χ1n) is 9.09. The van der Waals surface area contributed by atoms with Crippen LogP contribution in [0.3, 0.4) is 0 Å². The molecule has 1 aliphatic carbocycles. The summed E-state index contributed by atoms with van der Waals surface area (Å²) in [4.78, 5) is 22.9. The molecule has 2 rings (SSSR count). The summed E-state index contributed by atoms with van der Waals surface area (Å²) in [5.41, 5.74) is 0. The number of rotatable bonds is 8. The number of carbonyl (C=O) groups excluding carboxylic acids is 1. The van der Waals surface area contributed by atoms with Crippen molar-refractivity contribution in [2.24, 2.45) is 11.8 Å². The molecule has 0 aromatic carbocycles. The van der Waals surface area contributed by atoms with Gasteiger partial charge < -0.3 is 35.0 Å². The van der Waals surface area contributed by atoms with E-state index in [9.17, 15) is 30.0 Å². The number of carboxylic acid groups (broad SMARTS) is 1. The molecular formula is C18H28O9. The van der Waals surface area contributed by atoms with E-state index in [1.807, 2.05) is 0 Å². The standard InChI is InChI=1S/C18H28O9/c1-10(27-18(25)15(8-19)26-9-14(21)17(18)24)3-2-4-12-11(7-16(22)23)5-6-13(12)20/h2-3,10-12,14-15,17,19,21,24-25H,4-9H2,1H3,(H,22,23)/t10?,11?,12?,14-,15+,17+,18+/m0/s1. The zero-order valence-corrected chi connectivity index (χ0v) is 15.2. The van der Waals surface area contributed by atoms with Crippen LogP contribution in [0.2, 0.25) is 0 Å². The van der Waals surface area contributed by atoms with Gasteiger partial charge in [-0.3, -0.25) is 9.59 Å². The van der Waals surface area contributed by atoms with E-state index in [4.69, 9.17) is 14.6 Å². The highest BCUT2D eigenvalue weighted by Gasteiger charge is 2.52. The van der Waals surface area contributed by atoms with Crippen molar-refractivity contribution in [2.45, 2.75) is 62.8 Å². The number of allylic oxidation sites excluding steroid dienone is 1. The highest BCUT2D eigenvalue weighted by Crippen LogP contribution is 2.34. The quantitative estimate of drug-likeness (QED) is 0.266. The van der Waals surface area contributed by atoms with Gasteiger partial charge in [-0.2, -0.15) is 0 Å². The molecule has 0 amide bonds. The highest BCUT2D eigenvalue weighted by molar-refractivity contribution is 5.84. The topological polar surface area (TPSA) is 154 Å². The van der Waals surface area contributed by atoms with Crippen LogP contribution in [0.15, 0.2) is 12.2 Å². The molecule has 154 valence electrons. The summed E-state index contributed by atoms with van der Waals surface area (Å²) in [6.45, 7) is 0.739. The molecule has 0 aromatic heterocycles. The Labute approximate surface area is 157 Å². The number of hydrogen-bond donors (Lipinski definition) is 5. The van der Waals surface area contributed by atoms with Gasteiger partial charge in [0.2, 0.25) is 5.79 Å². The summed E-state index contributed by atoms with van der Waals surface area (Å²) in [5, 5.41) is 48.6. The molecule has 2 fully saturated rings. The van der Waals surface area contributed by atoms with Crippen molar-refractivity contribution in [2.75, 3.05) is 13.2 Å². The van der Waals surface area contributed by atoms with Gasteiger partial charge in [0, 0.05) is 18.8 Å². The Bertz CT molecular complexity index is 559. The molecular weight excluding hydrogens is 360 g/mol. The van der Waals surface area contributed by atoms with Gasteiger partial charge >= 0.3 is 5.97 Å². The van der Waals surface area contributed by atoms with E-state index in [1.54, 1.807) is 19.1 Å². The zero-order valence-electron chi connectivity index (χ0n) is 15.2. The first kappa shape index (κ1) is 21.9. The predicted octanol–water partition coefficient (Wildman–Crippen LogP) is -0.791. The number of carboxylic acids is 1. The first-order chi connectivity index (χ1) is 12.7. The Balaban J connectivity index is 1.96. The van der Waals surface area contributed by atoms with Gasteiger partial charge in [-0.05, 0) is 25.7 Å². The van der Waals surface area contributed by atoms with Crippen LogP contribution in [0.25, 0.3) is 0 Å². The lowest BCUT2D eigenvalue weighted by Gasteiger charge is -2.44. The molecule has 0 aromatic rings. The van der Waals surface area contributed by atoms with Gasteiger partial charge in [0.1, 0.15) is 24.1 Å². The van der Waals surface area contributed by atoms with E-state index in [1.165, 1.54) is 0 Å². The van der Waals surface area contributed by atoms with Gasteiger partial charge in [0.25, 0.3) is 0 Å². The maximum Gasteiger partial charge on any atom is 0.303 e. The number of ketones is 1. The third kappa shape index (κ3) is 5.13. The molecule has 3 unspecified atom stereocenters. The normalized spacial score (nSPS) is 38.4. The van der Waals surface area contributed by atoms with Crippen LogP contribution in [0.1, 0.15) is 32.6 Å². The van der Waals surface area contributed by atoms with Gasteiger partial charge in [0.15, 0.2) is 0 Å². The van der Waals surface area contributed by atoms with Crippen LogP contribution in [0.4, 0.5) is 0 Å². The molecule has 1 aliphatic heterocycles. The average Bonchev–Trinajstić information content (AvgIpc) is 2.92. The van der Waals surface area contributed by atoms with Gasteiger partial charge in [-0.1, -0.05) is 12.2 Å². The Kier molecular flexibility index (Phi) is 7.49. The predicted molar refractivity (Wildman–Crippen MR) is 91.6 cm³/mol. The van der Waals surface area contributed by atoms with Gasteiger partial charge in [-0.25, -0.2) is 0 Å². The van der Waals surface area contributed by atoms with E-state index in [0.717, 1.165) is 0 Å². The second-order valence-corrected chi connectivity index (χ2v) is 7.22. The largest absolute Gasteiger partial charge is 0.481 e. The minimum atomic E-state index is -2.29. The monoisotopic (exact) mass is 388 g/mol. The second kappa shape index (κ2) is 9.22. The minimum Gasteiger partial charge on any atom is -0.481 e. The van der Waals surface area contributed by atoms with Crippen molar-refractivity contribution in [1.82, 2.24) is 0 Å². The Morgan fingerprint density at radius 2 is 2.15 bits per heavy atom. The number of hydrogen-bond acceptors (Lipinski definition) is 8. The van der Waals surface area contributed by atoms with E-state index in [0.29, 0.717) is 19.3 Å². The Hall–Kier alpha value is -1.36. The average molecular weight is 388 g/mol. The summed E-state index contributed by atoms with van der Waals surface area (Å²) < 4.78 is 10.6. The fraction of sp³-hybridized carbons (Fsp3) is 0.778. The van der Waals surface area contributed by atoms with Crippen LogP contribution in [-0.2, 0) is 19.1 Å². The lowest BCUT2D eigenvalue weighted by molar-refractivity contribution is -0.359. The molecule has 1 heterocycles. The fourth-order valence-electron chi connectivity index (χ4n) is 3.74. The summed E-state index contributed by atoms with van der Waals surface area (Å²) in [5.74, 6) is -3.73. The van der Waals surface area contributed by atoms with Crippen LogP contribution < -0.4 is 0 Å². The number of carbonyl (C=O) groups is 2. The summed E-state index contributed by atoms with van der Waals surface area (Å²) in [6, 6.07) is 0. The maximum absolute atomic E-state index is 12.0. The molecule has 9 nitrogen and oxygen atoms in total. The summed E-state index contributed by atoms with van der Waals surface area (Å²) >= 11 is 0. The minimum absolute atomic E-state index is 0.0395. The Morgan fingerprint density at radius 3 is 2.78 bits per heavy atom. The lowest BCUT2D eigenvalue weighted by atomic mass is 9.89. The third-order valence-electron chi connectivity index (χ3n) is 5.24. The smallest absolute Gasteiger partial charge is 0.303 e. The number of aliphatic carboxylic acids is 1. The third-order valence-corrected chi connectivity index (χ3v) is 5.24. The Morgan fingerprint density at radius 1 is 1.44 bits per heavy atom. The first-order valence-corrected chi connectivity index (χ1v) is 9.09. The van der Waals surface area contributed by atoms with Crippen LogP contribution in [0.5, 0.6) is 0 Å². The molecule has 7 atom stereocenters. The number of Topliss-reactive ketones (excluding diaryl/α,β-unsaturated/α-hetero) is 1. The zero-order chi connectivity index (χ0) is 20.2. The number of aliphatic hydroxyl groups is 4. The fourth-order valence-corrected chi connectivity index (χ4v) is 3.74. The molecule has 0 bridgehead atoms. The van der Waals surface area contributed by atoms with Crippen molar-refractivity contribution < 1.29 is 44.6 Å². The lowest BCUT2D eigenvalue weighted by Crippen LogP contribution is -2.66. The van der Waals surface area contributed by atoms with Crippen molar-refractivity contribution in [3.8, 4) is 0 Å². The molecule has 0 spiro atoms. The molecule has 27 heavy (non-hydrogen) atoms. The molecule has 1 saturated carbocycles. The number of aliphatic hydroxyl groups excluding tert-OH is 3. The van der Waals surface area contributed by atoms with Crippen LogP contribution in [-0.4, -0.2) is 80.7 Å². The van der Waals surface area contributed by atoms with Crippen molar-refractivity contribution in [3.05, 3.63) is 12.2 Å². The van der Waals surface area contributed by atoms with Crippen LogP contribution in [0, 0.1) is 11.8 Å². The molecule has 1 saturated heterocycles. The van der Waals surface area contributed by atoms with E-state index in [2.05, 4.69) is 0 Å². The molecule has 9 heteroatoms. The number of ether oxygens (including phenoxy) is 2. The van der Waals surface area contributed by atoms with Crippen molar-refractivity contribution >= 4 is 11.8 Å². The van der Waals surface area contributed by atoms with E-state index >= 15 is 0 Å².